The van der Waals surface area contributed by atoms with Crippen molar-refractivity contribution in [2.24, 2.45) is 11.3 Å². The summed E-state index contributed by atoms with van der Waals surface area (Å²) in [6.07, 6.45) is 12.0. The van der Waals surface area contributed by atoms with Crippen molar-refractivity contribution < 1.29 is 9.53 Å². The molecule has 2 fully saturated rings. The van der Waals surface area contributed by atoms with Crippen molar-refractivity contribution in [1.82, 2.24) is 0 Å². The molecule has 2 aliphatic carbocycles. The van der Waals surface area contributed by atoms with Crippen molar-refractivity contribution in [3.63, 3.8) is 0 Å². The van der Waals surface area contributed by atoms with Gasteiger partial charge in [-0.15, -0.1) is 0 Å². The van der Waals surface area contributed by atoms with Crippen molar-refractivity contribution in [3.8, 4) is 0 Å². The molecule has 0 aromatic carbocycles. The predicted molar refractivity (Wildman–Crippen MR) is 73.3 cm³/mol. The summed E-state index contributed by atoms with van der Waals surface area (Å²) in [6.45, 7) is 4.35. The molecule has 0 spiro atoms. The second-order valence-corrected chi connectivity index (χ2v) is 6.38. The summed E-state index contributed by atoms with van der Waals surface area (Å²) in [7, 11) is 0. The van der Waals surface area contributed by atoms with E-state index in [0.717, 1.165) is 32.1 Å². The molecule has 104 valence electrons. The lowest BCUT2D eigenvalue weighted by Gasteiger charge is -2.23. The maximum atomic E-state index is 12.4. The van der Waals surface area contributed by atoms with Gasteiger partial charge in [-0.2, -0.15) is 0 Å². The number of hydrogen-bond acceptors (Lipinski definition) is 2. The zero-order chi connectivity index (χ0) is 13.0. The summed E-state index contributed by atoms with van der Waals surface area (Å²) in [4.78, 5) is 12.4. The van der Waals surface area contributed by atoms with Gasteiger partial charge in [0, 0.05) is 0 Å². The molecule has 2 nitrogen and oxygen atoms in total. The van der Waals surface area contributed by atoms with Crippen LogP contribution in [0, 0.1) is 11.3 Å². The average Bonchev–Trinajstić information content (AvgIpc) is 2.94. The van der Waals surface area contributed by atoms with Crippen LogP contribution in [-0.2, 0) is 9.53 Å². The molecule has 0 aliphatic heterocycles. The predicted octanol–water partition coefficient (Wildman–Crippen LogP) is 4.47. The molecule has 2 heteroatoms. The average molecular weight is 252 g/mol. The van der Waals surface area contributed by atoms with Gasteiger partial charge in [-0.25, -0.2) is 0 Å². The van der Waals surface area contributed by atoms with Crippen molar-refractivity contribution in [2.75, 3.05) is 0 Å². The van der Waals surface area contributed by atoms with Crippen LogP contribution in [0.2, 0.25) is 0 Å². The highest BCUT2D eigenvalue weighted by Crippen LogP contribution is 2.56. The molecule has 2 unspecified atom stereocenters. The third-order valence-corrected chi connectivity index (χ3v) is 4.88. The van der Waals surface area contributed by atoms with E-state index in [9.17, 15) is 4.79 Å². The Labute approximate surface area is 111 Å². The zero-order valence-corrected chi connectivity index (χ0v) is 12.0. The second kappa shape index (κ2) is 6.08. The Balaban J connectivity index is 1.85. The van der Waals surface area contributed by atoms with Gasteiger partial charge in [0.25, 0.3) is 0 Å². The van der Waals surface area contributed by atoms with Crippen LogP contribution in [0.3, 0.4) is 0 Å². The Morgan fingerprint density at radius 3 is 2.22 bits per heavy atom. The molecule has 0 aromatic heterocycles. The molecule has 2 aliphatic rings. The van der Waals surface area contributed by atoms with E-state index in [1.807, 2.05) is 0 Å². The molecular formula is C16H28O2. The van der Waals surface area contributed by atoms with Gasteiger partial charge in [0.05, 0.1) is 5.41 Å². The van der Waals surface area contributed by atoms with E-state index in [-0.39, 0.29) is 17.5 Å². The summed E-state index contributed by atoms with van der Waals surface area (Å²) < 4.78 is 5.84. The Morgan fingerprint density at radius 2 is 1.72 bits per heavy atom. The third-order valence-electron chi connectivity index (χ3n) is 4.88. The Bertz CT molecular complexity index is 279. The highest BCUT2D eigenvalue weighted by molar-refractivity contribution is 5.80. The molecule has 0 radical (unpaired) electrons. The molecule has 18 heavy (non-hydrogen) atoms. The molecule has 2 rings (SSSR count). The van der Waals surface area contributed by atoms with Crippen LogP contribution in [0.15, 0.2) is 0 Å². The van der Waals surface area contributed by atoms with Crippen LogP contribution < -0.4 is 0 Å². The van der Waals surface area contributed by atoms with Crippen molar-refractivity contribution in [3.05, 3.63) is 0 Å². The largest absolute Gasteiger partial charge is 0.462 e. The molecule has 0 bridgehead atoms. The number of carbonyl (C=O) groups excluding carboxylic acids is 1. The monoisotopic (exact) mass is 252 g/mol. The molecular weight excluding hydrogens is 224 g/mol. The van der Waals surface area contributed by atoms with E-state index in [1.165, 1.54) is 32.1 Å². The summed E-state index contributed by atoms with van der Waals surface area (Å²) >= 11 is 0. The van der Waals surface area contributed by atoms with E-state index >= 15 is 0 Å². The van der Waals surface area contributed by atoms with Crippen LogP contribution in [0.4, 0.5) is 0 Å². The Morgan fingerprint density at radius 1 is 1.17 bits per heavy atom. The fourth-order valence-electron chi connectivity index (χ4n) is 3.47. The lowest BCUT2D eigenvalue weighted by atomic mass is 9.96. The van der Waals surface area contributed by atoms with Gasteiger partial charge < -0.3 is 4.74 Å². The molecule has 0 heterocycles. The third kappa shape index (κ3) is 3.07. The number of ether oxygens (including phenoxy) is 1. The number of rotatable bonds is 4. The number of esters is 1. The van der Waals surface area contributed by atoms with Gasteiger partial charge in [-0.1, -0.05) is 39.5 Å². The summed E-state index contributed by atoms with van der Waals surface area (Å²) in [6, 6.07) is 0. The van der Waals surface area contributed by atoms with Crippen molar-refractivity contribution in [2.45, 2.75) is 84.2 Å². The van der Waals surface area contributed by atoms with Gasteiger partial charge >= 0.3 is 5.97 Å². The standard InChI is InChI=1S/C16H28O2/c1-3-11-16(12-13(16)2)15(17)18-14-9-7-5-4-6-8-10-14/h13-14H,3-12H2,1-2H3. The summed E-state index contributed by atoms with van der Waals surface area (Å²) in [5.41, 5.74) is -0.100. The number of carbonyl (C=O) groups is 1. The van der Waals surface area contributed by atoms with Crippen LogP contribution in [0.5, 0.6) is 0 Å². The van der Waals surface area contributed by atoms with Crippen LogP contribution in [0.1, 0.15) is 78.1 Å². The molecule has 0 aromatic rings. The minimum atomic E-state index is -0.100. The first-order valence-electron chi connectivity index (χ1n) is 7.90. The maximum Gasteiger partial charge on any atom is 0.312 e. The van der Waals surface area contributed by atoms with Gasteiger partial charge in [0.15, 0.2) is 0 Å². The van der Waals surface area contributed by atoms with Gasteiger partial charge in [-0.3, -0.25) is 4.79 Å². The lowest BCUT2D eigenvalue weighted by Crippen LogP contribution is -2.27. The van der Waals surface area contributed by atoms with Gasteiger partial charge in [0.2, 0.25) is 0 Å². The van der Waals surface area contributed by atoms with Crippen LogP contribution in [-0.4, -0.2) is 12.1 Å². The number of hydrogen-bond donors (Lipinski definition) is 0. The highest BCUT2D eigenvalue weighted by atomic mass is 16.5. The molecule has 2 saturated carbocycles. The SMILES string of the molecule is CCCC1(C(=O)OC2CCCCCCC2)CC1C. The molecule has 0 N–H and O–H groups in total. The Hall–Kier alpha value is -0.530. The lowest BCUT2D eigenvalue weighted by molar-refractivity contribution is -0.157. The van der Waals surface area contributed by atoms with Crippen LogP contribution in [0.25, 0.3) is 0 Å². The second-order valence-electron chi connectivity index (χ2n) is 6.38. The maximum absolute atomic E-state index is 12.4. The zero-order valence-electron chi connectivity index (χ0n) is 12.0. The van der Waals surface area contributed by atoms with Crippen LogP contribution >= 0.6 is 0 Å². The normalized spacial score (nSPS) is 33.6. The highest BCUT2D eigenvalue weighted by Gasteiger charge is 2.57. The van der Waals surface area contributed by atoms with E-state index in [1.54, 1.807) is 0 Å². The van der Waals surface area contributed by atoms with Crippen molar-refractivity contribution in [1.29, 1.82) is 0 Å². The molecule has 0 amide bonds. The van der Waals surface area contributed by atoms with E-state index in [4.69, 9.17) is 4.74 Å². The minimum Gasteiger partial charge on any atom is -0.462 e. The first-order valence-corrected chi connectivity index (χ1v) is 7.90. The quantitative estimate of drug-likeness (QED) is 0.690. The van der Waals surface area contributed by atoms with Crippen molar-refractivity contribution >= 4 is 5.97 Å². The topological polar surface area (TPSA) is 26.3 Å². The first kappa shape index (κ1) is 13.9. The summed E-state index contributed by atoms with van der Waals surface area (Å²) in [5, 5.41) is 0. The van der Waals surface area contributed by atoms with E-state index in [0.29, 0.717) is 5.92 Å². The fraction of sp³-hybridized carbons (Fsp3) is 0.938. The molecule has 0 saturated heterocycles. The first-order chi connectivity index (χ1) is 8.69. The van der Waals surface area contributed by atoms with Gasteiger partial charge in [-0.05, 0) is 44.4 Å². The van der Waals surface area contributed by atoms with E-state index < -0.39 is 0 Å². The van der Waals surface area contributed by atoms with Gasteiger partial charge in [0.1, 0.15) is 6.10 Å². The Kier molecular flexibility index (Phi) is 4.69. The fourth-order valence-corrected chi connectivity index (χ4v) is 3.47. The smallest absolute Gasteiger partial charge is 0.312 e. The van der Waals surface area contributed by atoms with E-state index in [2.05, 4.69) is 13.8 Å². The minimum absolute atomic E-state index is 0.100. The molecule has 2 atom stereocenters. The summed E-state index contributed by atoms with van der Waals surface area (Å²) in [5.74, 6) is 0.654.